The predicted molar refractivity (Wildman–Crippen MR) is 43.5 cm³/mol. The van der Waals surface area contributed by atoms with E-state index in [2.05, 4.69) is 15.9 Å². The van der Waals surface area contributed by atoms with Crippen molar-refractivity contribution in [3.63, 3.8) is 0 Å². The molecule has 0 saturated heterocycles. The van der Waals surface area contributed by atoms with Crippen molar-refractivity contribution >= 4 is 15.9 Å². The summed E-state index contributed by atoms with van der Waals surface area (Å²) in [5, 5.41) is 8.62. The van der Waals surface area contributed by atoms with Crippen LogP contribution in [0.3, 0.4) is 0 Å². The Kier molecular flexibility index (Phi) is 4.72. The van der Waals surface area contributed by atoms with Crippen molar-refractivity contribution in [2.24, 2.45) is 0 Å². The molecule has 1 N–H and O–H groups in total. The predicted octanol–water partition coefficient (Wildman–Crippen LogP) is 2.22. The standard InChI is InChI=1S/C7H11BrO/c1-6(3-4-8)7(2)5-9/h3-4,9H,5H2,1-2H3/b4-3+,7-6-. The molecular formula is C7H11BrO. The van der Waals surface area contributed by atoms with Crippen LogP contribution in [0.4, 0.5) is 0 Å². The van der Waals surface area contributed by atoms with Crippen LogP contribution in [-0.2, 0) is 0 Å². The highest BCUT2D eigenvalue weighted by Gasteiger charge is 1.88. The van der Waals surface area contributed by atoms with Crippen molar-refractivity contribution in [2.45, 2.75) is 13.8 Å². The molecule has 0 fully saturated rings. The maximum Gasteiger partial charge on any atom is 0.0644 e. The summed E-state index contributed by atoms with van der Waals surface area (Å²) in [7, 11) is 0. The molecule has 0 aromatic carbocycles. The van der Waals surface area contributed by atoms with Crippen LogP contribution in [0.1, 0.15) is 13.8 Å². The summed E-state index contributed by atoms with van der Waals surface area (Å²) in [6, 6.07) is 0. The summed E-state index contributed by atoms with van der Waals surface area (Å²) >= 11 is 3.15. The molecule has 0 amide bonds. The Hall–Kier alpha value is -0.0800. The lowest BCUT2D eigenvalue weighted by molar-refractivity contribution is 0.330. The van der Waals surface area contributed by atoms with Gasteiger partial charge in [-0.15, -0.1) is 0 Å². The van der Waals surface area contributed by atoms with Crippen molar-refractivity contribution < 1.29 is 5.11 Å². The molecule has 0 rings (SSSR count). The number of rotatable bonds is 2. The molecule has 0 aromatic heterocycles. The smallest absolute Gasteiger partial charge is 0.0644 e. The first-order valence-corrected chi connectivity index (χ1v) is 3.68. The molecular weight excluding hydrogens is 180 g/mol. The summed E-state index contributed by atoms with van der Waals surface area (Å²) in [4.78, 5) is 1.78. The largest absolute Gasteiger partial charge is 0.392 e. The van der Waals surface area contributed by atoms with Crippen LogP contribution in [-0.4, -0.2) is 11.7 Å². The van der Waals surface area contributed by atoms with E-state index in [-0.39, 0.29) is 6.61 Å². The van der Waals surface area contributed by atoms with Crippen molar-refractivity contribution in [3.05, 3.63) is 22.2 Å². The van der Waals surface area contributed by atoms with Gasteiger partial charge in [0.2, 0.25) is 0 Å². The van der Waals surface area contributed by atoms with Gasteiger partial charge in [0, 0.05) is 0 Å². The lowest BCUT2D eigenvalue weighted by atomic mass is 10.2. The molecule has 2 heteroatoms. The lowest BCUT2D eigenvalue weighted by Crippen LogP contribution is -1.86. The Labute approximate surface area is 64.2 Å². The van der Waals surface area contributed by atoms with Crippen LogP contribution < -0.4 is 0 Å². The fourth-order valence-corrected chi connectivity index (χ4v) is 0.758. The van der Waals surface area contributed by atoms with E-state index in [0.717, 1.165) is 11.1 Å². The van der Waals surface area contributed by atoms with E-state index in [4.69, 9.17) is 5.11 Å². The van der Waals surface area contributed by atoms with Gasteiger partial charge in [-0.2, -0.15) is 0 Å². The van der Waals surface area contributed by atoms with Gasteiger partial charge in [0.05, 0.1) is 6.61 Å². The number of aliphatic hydroxyl groups excluding tert-OH is 1. The first-order chi connectivity index (χ1) is 4.22. The third-order valence-electron chi connectivity index (χ3n) is 1.22. The Morgan fingerprint density at radius 2 is 2.11 bits per heavy atom. The molecule has 0 unspecified atom stereocenters. The van der Waals surface area contributed by atoms with Crippen molar-refractivity contribution in [1.82, 2.24) is 0 Å². The summed E-state index contributed by atoms with van der Waals surface area (Å²) in [6.45, 7) is 4.01. The Bertz CT molecular complexity index is 136. The third-order valence-corrected chi connectivity index (χ3v) is 1.49. The lowest BCUT2D eigenvalue weighted by Gasteiger charge is -1.96. The minimum Gasteiger partial charge on any atom is -0.392 e. The second kappa shape index (κ2) is 4.77. The fraction of sp³-hybridized carbons (Fsp3) is 0.429. The summed E-state index contributed by atoms with van der Waals surface area (Å²) in [5.74, 6) is 0. The minimum absolute atomic E-state index is 0.142. The maximum atomic E-state index is 8.62. The molecule has 0 saturated carbocycles. The Morgan fingerprint density at radius 3 is 2.44 bits per heavy atom. The second-order valence-corrected chi connectivity index (χ2v) is 2.44. The number of hydrogen-bond acceptors (Lipinski definition) is 1. The first-order valence-electron chi connectivity index (χ1n) is 2.76. The van der Waals surface area contributed by atoms with Crippen LogP contribution in [0, 0.1) is 0 Å². The van der Waals surface area contributed by atoms with Crippen LogP contribution >= 0.6 is 15.9 Å². The molecule has 0 aliphatic heterocycles. The molecule has 0 atom stereocenters. The van der Waals surface area contributed by atoms with Gasteiger partial charge >= 0.3 is 0 Å². The van der Waals surface area contributed by atoms with Gasteiger partial charge in [0.15, 0.2) is 0 Å². The molecule has 0 aromatic rings. The Morgan fingerprint density at radius 1 is 1.56 bits per heavy atom. The van der Waals surface area contributed by atoms with Gasteiger partial charge in [-0.25, -0.2) is 0 Å². The van der Waals surface area contributed by atoms with E-state index >= 15 is 0 Å². The van der Waals surface area contributed by atoms with Crippen molar-refractivity contribution in [1.29, 1.82) is 0 Å². The summed E-state index contributed by atoms with van der Waals surface area (Å²) in [6.07, 6.45) is 1.91. The van der Waals surface area contributed by atoms with E-state index in [1.807, 2.05) is 19.9 Å². The van der Waals surface area contributed by atoms with Crippen LogP contribution in [0.15, 0.2) is 22.2 Å². The molecule has 9 heavy (non-hydrogen) atoms. The van der Waals surface area contributed by atoms with Gasteiger partial charge in [-0.05, 0) is 30.0 Å². The highest BCUT2D eigenvalue weighted by Crippen LogP contribution is 2.04. The average Bonchev–Trinajstić information content (AvgIpc) is 1.87. The minimum atomic E-state index is 0.142. The van der Waals surface area contributed by atoms with Crippen LogP contribution in [0.25, 0.3) is 0 Å². The quantitative estimate of drug-likeness (QED) is 0.663. The van der Waals surface area contributed by atoms with Gasteiger partial charge < -0.3 is 5.11 Å². The van der Waals surface area contributed by atoms with Gasteiger partial charge in [-0.1, -0.05) is 22.0 Å². The van der Waals surface area contributed by atoms with E-state index < -0.39 is 0 Å². The molecule has 0 spiro atoms. The molecule has 0 radical (unpaired) electrons. The SMILES string of the molecule is CC(/C=C/Br)=C(\C)CO. The number of aliphatic hydroxyl groups is 1. The molecule has 52 valence electrons. The van der Waals surface area contributed by atoms with E-state index in [1.54, 1.807) is 4.99 Å². The molecule has 1 nitrogen and oxygen atoms in total. The van der Waals surface area contributed by atoms with Gasteiger partial charge in [0.1, 0.15) is 0 Å². The maximum absolute atomic E-state index is 8.62. The van der Waals surface area contributed by atoms with Gasteiger partial charge in [-0.3, -0.25) is 0 Å². The monoisotopic (exact) mass is 190 g/mol. The fourth-order valence-electron chi connectivity index (χ4n) is 0.361. The van der Waals surface area contributed by atoms with E-state index in [1.165, 1.54) is 0 Å². The zero-order valence-corrected chi connectivity index (χ0v) is 7.27. The second-order valence-electron chi connectivity index (χ2n) is 1.91. The number of hydrogen-bond donors (Lipinski definition) is 1. The van der Waals surface area contributed by atoms with E-state index in [0.29, 0.717) is 0 Å². The topological polar surface area (TPSA) is 20.2 Å². The summed E-state index contributed by atoms with van der Waals surface area (Å²) in [5.41, 5.74) is 2.11. The average molecular weight is 191 g/mol. The zero-order valence-electron chi connectivity index (χ0n) is 5.69. The zero-order chi connectivity index (χ0) is 7.28. The van der Waals surface area contributed by atoms with Crippen molar-refractivity contribution in [2.75, 3.05) is 6.61 Å². The summed E-state index contributed by atoms with van der Waals surface area (Å²) < 4.78 is 0. The number of allylic oxidation sites excluding steroid dienone is 2. The molecule has 0 aliphatic rings. The highest BCUT2D eigenvalue weighted by atomic mass is 79.9. The highest BCUT2D eigenvalue weighted by molar-refractivity contribution is 9.11. The van der Waals surface area contributed by atoms with Crippen LogP contribution in [0.2, 0.25) is 0 Å². The third kappa shape index (κ3) is 3.49. The van der Waals surface area contributed by atoms with Crippen LogP contribution in [0.5, 0.6) is 0 Å². The van der Waals surface area contributed by atoms with Crippen molar-refractivity contribution in [3.8, 4) is 0 Å². The Balaban J connectivity index is 4.10. The van der Waals surface area contributed by atoms with Gasteiger partial charge in [0.25, 0.3) is 0 Å². The normalized spacial score (nSPS) is 14.2. The molecule has 0 bridgehead atoms. The number of halogens is 1. The first kappa shape index (κ1) is 8.92. The molecule has 0 aliphatic carbocycles. The van der Waals surface area contributed by atoms with E-state index in [9.17, 15) is 0 Å². The molecule has 0 heterocycles.